The monoisotopic (exact) mass is 406 g/mol. The summed E-state index contributed by atoms with van der Waals surface area (Å²) in [5.41, 5.74) is 2.93. The Morgan fingerprint density at radius 1 is 1.20 bits per heavy atom. The van der Waals surface area contributed by atoms with Crippen molar-refractivity contribution in [3.63, 3.8) is 0 Å². The lowest BCUT2D eigenvalue weighted by Gasteiger charge is -2.30. The fourth-order valence-electron chi connectivity index (χ4n) is 3.63. The molecule has 2 heterocycles. The first-order valence-electron chi connectivity index (χ1n) is 10.3. The average molecular weight is 406 g/mol. The van der Waals surface area contributed by atoms with Crippen LogP contribution in [0.25, 0.3) is 11.4 Å². The van der Waals surface area contributed by atoms with E-state index in [0.29, 0.717) is 18.4 Å². The Bertz CT molecular complexity index is 982. The molecule has 30 heavy (non-hydrogen) atoms. The van der Waals surface area contributed by atoms with Gasteiger partial charge >= 0.3 is 6.01 Å². The van der Waals surface area contributed by atoms with E-state index >= 15 is 0 Å². The van der Waals surface area contributed by atoms with E-state index in [1.165, 1.54) is 5.56 Å². The number of rotatable bonds is 6. The summed E-state index contributed by atoms with van der Waals surface area (Å²) in [6, 6.07) is 16.0. The highest BCUT2D eigenvalue weighted by Crippen LogP contribution is 2.26. The van der Waals surface area contributed by atoms with Gasteiger partial charge in [-0.25, -0.2) is 0 Å². The zero-order chi connectivity index (χ0) is 20.9. The summed E-state index contributed by atoms with van der Waals surface area (Å²) < 4.78 is 10.7. The largest absolute Gasteiger partial charge is 0.497 e. The fourth-order valence-corrected chi connectivity index (χ4v) is 3.63. The van der Waals surface area contributed by atoms with Crippen LogP contribution in [0.15, 0.2) is 53.1 Å². The molecule has 1 N–H and O–H groups in total. The molecule has 0 aliphatic carbocycles. The summed E-state index contributed by atoms with van der Waals surface area (Å²) in [5.74, 6) is 1.20. The minimum atomic E-state index is -0.124. The molecular weight excluding hydrogens is 380 g/mol. The van der Waals surface area contributed by atoms with Crippen LogP contribution in [0.1, 0.15) is 25.3 Å². The van der Waals surface area contributed by atoms with Crippen LogP contribution in [-0.4, -0.2) is 36.2 Å². The standard InChI is InChI=1S/C23H26N4O3/c1-3-16-6-10-19(11-7-16)24-22(28)18-5-4-14-27(15-18)23-25-21(26-30-23)17-8-12-20(29-2)13-9-17/h6-13,18H,3-5,14-15H2,1-2H3,(H,24,28)/t18-/m0/s1. The number of methoxy groups -OCH3 is 1. The Morgan fingerprint density at radius 3 is 2.67 bits per heavy atom. The van der Waals surface area contributed by atoms with E-state index < -0.39 is 0 Å². The van der Waals surface area contributed by atoms with Crippen molar-refractivity contribution in [2.75, 3.05) is 30.4 Å². The SMILES string of the molecule is CCc1ccc(NC(=O)[C@H]2CCCN(c3nc(-c4ccc(OC)cc4)no3)C2)cc1. The Kier molecular flexibility index (Phi) is 5.97. The van der Waals surface area contributed by atoms with Crippen LogP contribution in [0.3, 0.4) is 0 Å². The van der Waals surface area contributed by atoms with Crippen LogP contribution in [-0.2, 0) is 11.2 Å². The van der Waals surface area contributed by atoms with Crippen molar-refractivity contribution in [1.82, 2.24) is 10.1 Å². The van der Waals surface area contributed by atoms with E-state index in [1.807, 2.05) is 53.4 Å². The fraction of sp³-hybridized carbons (Fsp3) is 0.348. The highest BCUT2D eigenvalue weighted by Gasteiger charge is 2.28. The molecule has 1 saturated heterocycles. The topological polar surface area (TPSA) is 80.5 Å². The van der Waals surface area contributed by atoms with E-state index in [9.17, 15) is 4.79 Å². The first-order valence-corrected chi connectivity index (χ1v) is 10.3. The molecule has 4 rings (SSSR count). The molecule has 1 atom stereocenters. The van der Waals surface area contributed by atoms with Crippen LogP contribution in [0.5, 0.6) is 5.75 Å². The molecule has 7 heteroatoms. The predicted molar refractivity (Wildman–Crippen MR) is 116 cm³/mol. The van der Waals surface area contributed by atoms with Crippen molar-refractivity contribution in [3.8, 4) is 17.1 Å². The molecule has 1 aromatic heterocycles. The summed E-state index contributed by atoms with van der Waals surface area (Å²) in [6.45, 7) is 3.46. The third-order valence-corrected chi connectivity index (χ3v) is 5.46. The normalized spacial score (nSPS) is 16.3. The summed E-state index contributed by atoms with van der Waals surface area (Å²) in [4.78, 5) is 19.3. The van der Waals surface area contributed by atoms with E-state index in [1.54, 1.807) is 7.11 Å². The first kappa shape index (κ1) is 19.9. The smallest absolute Gasteiger partial charge is 0.324 e. The molecule has 1 fully saturated rings. The number of anilines is 2. The molecule has 2 aromatic carbocycles. The predicted octanol–water partition coefficient (Wildman–Crippen LogP) is 4.16. The van der Waals surface area contributed by atoms with Gasteiger partial charge in [-0.05, 0) is 61.2 Å². The van der Waals surface area contributed by atoms with E-state index in [-0.39, 0.29) is 11.8 Å². The molecule has 7 nitrogen and oxygen atoms in total. The molecule has 1 aliphatic rings. The number of benzene rings is 2. The Balaban J connectivity index is 1.40. The zero-order valence-corrected chi connectivity index (χ0v) is 17.3. The van der Waals surface area contributed by atoms with Crippen molar-refractivity contribution in [3.05, 3.63) is 54.1 Å². The van der Waals surface area contributed by atoms with Gasteiger partial charge < -0.3 is 19.5 Å². The van der Waals surface area contributed by atoms with Gasteiger partial charge in [0.15, 0.2) is 0 Å². The zero-order valence-electron chi connectivity index (χ0n) is 17.3. The van der Waals surface area contributed by atoms with Gasteiger partial charge in [-0.3, -0.25) is 4.79 Å². The molecule has 1 amide bonds. The van der Waals surface area contributed by atoms with Crippen LogP contribution >= 0.6 is 0 Å². The number of nitrogens with one attached hydrogen (secondary N) is 1. The minimum Gasteiger partial charge on any atom is -0.497 e. The number of aromatic nitrogens is 2. The maximum atomic E-state index is 12.8. The molecule has 0 spiro atoms. The lowest BCUT2D eigenvalue weighted by molar-refractivity contribution is -0.120. The van der Waals surface area contributed by atoms with Gasteiger partial charge in [0.05, 0.1) is 13.0 Å². The van der Waals surface area contributed by atoms with Gasteiger partial charge in [0.2, 0.25) is 11.7 Å². The molecule has 0 radical (unpaired) electrons. The van der Waals surface area contributed by atoms with Crippen LogP contribution in [0.2, 0.25) is 0 Å². The molecule has 0 bridgehead atoms. The number of piperidine rings is 1. The van der Waals surface area contributed by atoms with Crippen molar-refractivity contribution < 1.29 is 14.1 Å². The minimum absolute atomic E-state index is 0.0267. The van der Waals surface area contributed by atoms with Gasteiger partial charge in [0.25, 0.3) is 0 Å². The lowest BCUT2D eigenvalue weighted by atomic mass is 9.97. The van der Waals surface area contributed by atoms with E-state index in [2.05, 4.69) is 22.4 Å². The molecule has 156 valence electrons. The van der Waals surface area contributed by atoms with Crippen LogP contribution in [0, 0.1) is 5.92 Å². The Hall–Kier alpha value is -3.35. The number of carbonyl (C=O) groups is 1. The van der Waals surface area contributed by atoms with Gasteiger partial charge in [0, 0.05) is 24.3 Å². The summed E-state index contributed by atoms with van der Waals surface area (Å²) in [6.07, 6.45) is 2.72. The molecular formula is C23H26N4O3. The van der Waals surface area contributed by atoms with Gasteiger partial charge in [-0.2, -0.15) is 4.98 Å². The van der Waals surface area contributed by atoms with Crippen molar-refractivity contribution in [2.45, 2.75) is 26.2 Å². The van der Waals surface area contributed by atoms with Crippen LogP contribution < -0.4 is 15.0 Å². The van der Waals surface area contributed by atoms with E-state index in [4.69, 9.17) is 9.26 Å². The molecule has 0 unspecified atom stereocenters. The van der Waals surface area contributed by atoms with Gasteiger partial charge in [0.1, 0.15) is 5.75 Å². The summed E-state index contributed by atoms with van der Waals surface area (Å²) in [7, 11) is 1.63. The number of hydrogen-bond acceptors (Lipinski definition) is 6. The second-order valence-corrected chi connectivity index (χ2v) is 7.45. The van der Waals surface area contributed by atoms with Gasteiger partial charge in [-0.1, -0.05) is 24.2 Å². The molecule has 1 aliphatic heterocycles. The Labute approximate surface area is 176 Å². The van der Waals surface area contributed by atoms with E-state index in [0.717, 1.165) is 42.8 Å². The highest BCUT2D eigenvalue weighted by atomic mass is 16.5. The number of hydrogen-bond donors (Lipinski definition) is 1. The lowest BCUT2D eigenvalue weighted by Crippen LogP contribution is -2.41. The number of nitrogens with zero attached hydrogens (tertiary/aromatic N) is 3. The molecule has 0 saturated carbocycles. The number of amides is 1. The summed E-state index contributed by atoms with van der Waals surface area (Å²) in [5, 5.41) is 7.13. The summed E-state index contributed by atoms with van der Waals surface area (Å²) >= 11 is 0. The van der Waals surface area contributed by atoms with Crippen molar-refractivity contribution >= 4 is 17.6 Å². The van der Waals surface area contributed by atoms with Crippen molar-refractivity contribution in [2.24, 2.45) is 5.92 Å². The third-order valence-electron chi connectivity index (χ3n) is 5.46. The van der Waals surface area contributed by atoms with Crippen molar-refractivity contribution in [1.29, 1.82) is 0 Å². The maximum absolute atomic E-state index is 12.8. The number of ether oxygens (including phenoxy) is 1. The Morgan fingerprint density at radius 2 is 1.97 bits per heavy atom. The highest BCUT2D eigenvalue weighted by molar-refractivity contribution is 5.93. The second kappa shape index (κ2) is 8.98. The quantitative estimate of drug-likeness (QED) is 0.662. The maximum Gasteiger partial charge on any atom is 0.324 e. The molecule has 3 aromatic rings. The number of aryl methyl sites for hydroxylation is 1. The third kappa shape index (κ3) is 4.45. The van der Waals surface area contributed by atoms with Gasteiger partial charge in [-0.15, -0.1) is 0 Å². The van der Waals surface area contributed by atoms with Crippen LogP contribution in [0.4, 0.5) is 11.7 Å². The number of carbonyl (C=O) groups excluding carboxylic acids is 1. The first-order chi connectivity index (χ1) is 14.7. The second-order valence-electron chi connectivity index (χ2n) is 7.45. The average Bonchev–Trinajstić information content (AvgIpc) is 3.30.